The van der Waals surface area contributed by atoms with Crippen LogP contribution in [0.25, 0.3) is 0 Å². The maximum absolute atomic E-state index is 10.4. The van der Waals surface area contributed by atoms with E-state index in [1.54, 1.807) is 11.8 Å². The van der Waals surface area contributed by atoms with Crippen molar-refractivity contribution in [3.63, 3.8) is 0 Å². The summed E-state index contributed by atoms with van der Waals surface area (Å²) in [7, 11) is 0. The Morgan fingerprint density at radius 1 is 1.67 bits per heavy atom. The van der Waals surface area contributed by atoms with Gasteiger partial charge in [0, 0.05) is 16.8 Å². The van der Waals surface area contributed by atoms with E-state index in [4.69, 9.17) is 10.2 Å². The number of nitrogens with one attached hydrogen (secondary N) is 1. The maximum Gasteiger partial charge on any atom is 0.320 e. The number of hydrogen-bond donors (Lipinski definition) is 3. The predicted octanol–water partition coefficient (Wildman–Crippen LogP) is -0.270. The molecule has 0 bridgehead atoms. The normalized spacial score (nSPS) is 11.8. The first-order chi connectivity index (χ1) is 5.22. The van der Waals surface area contributed by atoms with Crippen LogP contribution in [0.5, 0.6) is 0 Å². The summed E-state index contributed by atoms with van der Waals surface area (Å²) < 4.78 is 0. The molecule has 0 saturated carbocycles. The van der Waals surface area contributed by atoms with Gasteiger partial charge in [0.05, 0.1) is 6.73 Å². The van der Waals surface area contributed by atoms with Gasteiger partial charge in [0.15, 0.2) is 0 Å². The van der Waals surface area contributed by atoms with Gasteiger partial charge in [-0.1, -0.05) is 0 Å². The van der Waals surface area contributed by atoms with Crippen LogP contribution in [0.4, 0.5) is 0 Å². The van der Waals surface area contributed by atoms with Crippen molar-refractivity contribution in [1.29, 1.82) is 0 Å². The van der Waals surface area contributed by atoms with Crippen molar-refractivity contribution >= 4 is 17.7 Å². The molecule has 0 aliphatic heterocycles. The van der Waals surface area contributed by atoms with E-state index in [0.717, 1.165) is 5.75 Å². The van der Waals surface area contributed by atoms with E-state index in [0.29, 0.717) is 6.42 Å². The summed E-state index contributed by atoms with van der Waals surface area (Å²) in [6.07, 6.45) is 2.45. The molecule has 4 nitrogen and oxygen atoms in total. The zero-order valence-electron chi connectivity index (χ0n) is 6.74. The van der Waals surface area contributed by atoms with E-state index in [9.17, 15) is 4.79 Å². The Labute approximate surface area is 86.3 Å². The molecule has 0 aromatic rings. The molecular weight excluding hydrogens is 225 g/mol. The Kier molecular flexibility index (Phi) is 11.5. The van der Waals surface area contributed by atoms with Gasteiger partial charge in [0.1, 0.15) is 6.04 Å². The molecule has 0 rings (SSSR count). The van der Waals surface area contributed by atoms with Crippen LogP contribution in [0.1, 0.15) is 6.42 Å². The van der Waals surface area contributed by atoms with E-state index in [-0.39, 0.29) is 23.5 Å². The minimum absolute atomic E-state index is 0. The number of carbonyl (C=O) groups is 1. The second-order valence-corrected chi connectivity index (χ2v) is 3.02. The first kappa shape index (κ1) is 14.8. The zero-order valence-corrected chi connectivity index (χ0v) is 8.60. The molecule has 0 fully saturated rings. The van der Waals surface area contributed by atoms with Gasteiger partial charge in [-0.2, -0.15) is 11.8 Å². The van der Waals surface area contributed by atoms with E-state index in [1.807, 2.05) is 6.26 Å². The molecule has 1 atom stereocenters. The third-order valence-corrected chi connectivity index (χ3v) is 1.89. The molecule has 0 aliphatic rings. The molecule has 0 heterocycles. The Morgan fingerprint density at radius 3 is 2.58 bits per heavy atom. The minimum Gasteiger partial charge on any atom is -0.480 e. The molecule has 0 amide bonds. The summed E-state index contributed by atoms with van der Waals surface area (Å²) in [4.78, 5) is 10.4. The van der Waals surface area contributed by atoms with Crippen LogP contribution in [0.3, 0.4) is 0 Å². The molecule has 3 N–H and O–H groups in total. The summed E-state index contributed by atoms with van der Waals surface area (Å²) in [6.45, 7) is -0.286. The van der Waals surface area contributed by atoms with Crippen LogP contribution in [-0.2, 0) is 21.6 Å². The third-order valence-electron chi connectivity index (χ3n) is 1.25. The number of aliphatic carboxylic acids is 1. The van der Waals surface area contributed by atoms with Crippen LogP contribution in [0.15, 0.2) is 0 Å². The largest absolute Gasteiger partial charge is 0.480 e. The zero-order chi connectivity index (χ0) is 8.69. The van der Waals surface area contributed by atoms with Crippen molar-refractivity contribution in [2.45, 2.75) is 12.5 Å². The fourth-order valence-electron chi connectivity index (χ4n) is 0.659. The molecule has 1 radical (unpaired) electrons. The summed E-state index contributed by atoms with van der Waals surface area (Å²) >= 11 is 1.59. The third kappa shape index (κ3) is 6.93. The maximum atomic E-state index is 10.4. The van der Waals surface area contributed by atoms with Crippen LogP contribution < -0.4 is 5.32 Å². The smallest absolute Gasteiger partial charge is 0.320 e. The fraction of sp³-hybridized carbons (Fsp3) is 0.833. The summed E-state index contributed by atoms with van der Waals surface area (Å²) in [5, 5.41) is 19.4. The predicted molar refractivity (Wildman–Crippen MR) is 44.6 cm³/mol. The number of aliphatic hydroxyl groups is 1. The van der Waals surface area contributed by atoms with E-state index >= 15 is 0 Å². The van der Waals surface area contributed by atoms with Crippen molar-refractivity contribution in [2.24, 2.45) is 0 Å². The second kappa shape index (κ2) is 9.34. The monoisotopic (exact) mass is 238 g/mol. The van der Waals surface area contributed by atoms with Crippen molar-refractivity contribution in [1.82, 2.24) is 5.32 Å². The van der Waals surface area contributed by atoms with Crippen molar-refractivity contribution < 1.29 is 31.8 Å². The number of hydrogen-bond acceptors (Lipinski definition) is 4. The number of aliphatic hydroxyl groups excluding tert-OH is 1. The van der Waals surface area contributed by atoms with Gasteiger partial charge in [-0.25, -0.2) is 0 Å². The molecule has 0 aliphatic carbocycles. The van der Waals surface area contributed by atoms with Gasteiger partial charge in [-0.3, -0.25) is 10.1 Å². The molecular formula is C6H13CoNO3S. The summed E-state index contributed by atoms with van der Waals surface area (Å²) in [5.74, 6) is -0.127. The SMILES string of the molecule is CSCCC(NCO)C(=O)O.[Co]. The molecule has 75 valence electrons. The number of carboxylic acids is 1. The summed E-state index contributed by atoms with van der Waals surface area (Å²) in [6, 6.07) is -0.618. The quantitative estimate of drug-likeness (QED) is 0.556. The van der Waals surface area contributed by atoms with Crippen molar-refractivity contribution in [3.05, 3.63) is 0 Å². The van der Waals surface area contributed by atoms with E-state index in [2.05, 4.69) is 5.32 Å². The Balaban J connectivity index is 0. The molecule has 6 heteroatoms. The Bertz CT molecular complexity index is 125. The van der Waals surface area contributed by atoms with Crippen molar-refractivity contribution in [2.75, 3.05) is 18.7 Å². The second-order valence-electron chi connectivity index (χ2n) is 2.03. The van der Waals surface area contributed by atoms with Crippen LogP contribution in [0, 0.1) is 0 Å². The summed E-state index contributed by atoms with van der Waals surface area (Å²) in [5.41, 5.74) is 0. The molecule has 12 heavy (non-hydrogen) atoms. The van der Waals surface area contributed by atoms with Gasteiger partial charge in [-0.05, 0) is 18.4 Å². The number of carboxylic acid groups (broad SMARTS) is 1. The van der Waals surface area contributed by atoms with E-state index in [1.165, 1.54) is 0 Å². The average Bonchev–Trinajstić information content (AvgIpc) is 1.97. The molecule has 1 unspecified atom stereocenters. The topological polar surface area (TPSA) is 69.6 Å². The fourth-order valence-corrected chi connectivity index (χ4v) is 1.13. The molecule has 0 aromatic carbocycles. The number of thioether (sulfide) groups is 1. The van der Waals surface area contributed by atoms with Crippen molar-refractivity contribution in [3.8, 4) is 0 Å². The van der Waals surface area contributed by atoms with Gasteiger partial charge >= 0.3 is 5.97 Å². The van der Waals surface area contributed by atoms with Crippen LogP contribution in [0.2, 0.25) is 0 Å². The van der Waals surface area contributed by atoms with Gasteiger partial charge in [-0.15, -0.1) is 0 Å². The van der Waals surface area contributed by atoms with E-state index < -0.39 is 12.0 Å². The van der Waals surface area contributed by atoms with Gasteiger partial charge < -0.3 is 10.2 Å². The first-order valence-corrected chi connectivity index (χ1v) is 4.67. The average molecular weight is 238 g/mol. The van der Waals surface area contributed by atoms with Crippen LogP contribution >= 0.6 is 11.8 Å². The van der Waals surface area contributed by atoms with Gasteiger partial charge in [0.25, 0.3) is 0 Å². The molecule has 0 spiro atoms. The Hall–Kier alpha value is 0.246. The Morgan fingerprint density at radius 2 is 2.25 bits per heavy atom. The standard InChI is InChI=1S/C6H13NO3S.Co/c1-11-3-2-5(6(9)10)7-4-8;/h5,7-8H,2-4H2,1H3,(H,9,10);. The first-order valence-electron chi connectivity index (χ1n) is 3.28. The van der Waals surface area contributed by atoms with Gasteiger partial charge in [0.2, 0.25) is 0 Å². The number of rotatable bonds is 6. The minimum atomic E-state index is -0.909. The molecule has 0 aromatic heterocycles. The molecule has 0 saturated heterocycles. The van der Waals surface area contributed by atoms with Crippen LogP contribution in [-0.4, -0.2) is 41.0 Å².